The second-order valence-corrected chi connectivity index (χ2v) is 10.1. The van der Waals surface area contributed by atoms with Crippen LogP contribution in [0.5, 0.6) is 0 Å². The van der Waals surface area contributed by atoms with Gasteiger partial charge in [0.1, 0.15) is 0 Å². The number of hydrogen-bond acceptors (Lipinski definition) is 2. The fraction of sp³-hybridized carbons (Fsp3) is 0.290. The van der Waals surface area contributed by atoms with Crippen LogP contribution in [0.4, 0.5) is 26.3 Å². The molecule has 1 aliphatic heterocycles. The smallest absolute Gasteiger partial charge is 0.335 e. The highest BCUT2D eigenvalue weighted by Gasteiger charge is 2.39. The average Bonchev–Trinajstić information content (AvgIpc) is 2.92. The first-order valence-corrected chi connectivity index (χ1v) is 12.9. The van der Waals surface area contributed by atoms with E-state index in [4.69, 9.17) is 0 Å². The Morgan fingerprint density at radius 2 is 1.46 bits per heavy atom. The monoisotopic (exact) mass is 574 g/mol. The summed E-state index contributed by atoms with van der Waals surface area (Å²) in [5.41, 5.74) is -0.153. The van der Waals surface area contributed by atoms with E-state index in [9.17, 15) is 35.9 Å². The first kappa shape index (κ1) is 29.9. The molecular formula is C31H28F6N2O2. The largest absolute Gasteiger partial charge is 0.416 e. The van der Waals surface area contributed by atoms with Gasteiger partial charge in [-0.2, -0.15) is 26.3 Å². The van der Waals surface area contributed by atoms with Crippen molar-refractivity contribution in [2.45, 2.75) is 38.7 Å². The van der Waals surface area contributed by atoms with Gasteiger partial charge in [-0.1, -0.05) is 48.5 Å². The molecule has 1 fully saturated rings. The van der Waals surface area contributed by atoms with E-state index < -0.39 is 41.0 Å². The summed E-state index contributed by atoms with van der Waals surface area (Å²) in [7, 11) is 0. The topological polar surface area (TPSA) is 40.6 Å². The molecule has 0 spiro atoms. The summed E-state index contributed by atoms with van der Waals surface area (Å²) in [6, 6.07) is 15.0. The number of alkyl halides is 6. The molecule has 0 aliphatic carbocycles. The highest BCUT2D eigenvalue weighted by Crippen LogP contribution is 2.37. The summed E-state index contributed by atoms with van der Waals surface area (Å²) >= 11 is 0. The number of nitrogens with zero attached hydrogens (tertiary/aromatic N) is 2. The molecule has 216 valence electrons. The Bertz CT molecular complexity index is 1410. The number of aryl methyl sites for hydroxylation is 2. The standard InChI is InChI=1S/C31H28F6N2O2/c1-20-8-9-23(14-21(20)2)15-27-19-38(28(40)11-10-22-6-4-3-5-7-22)12-13-39(27)29(41)24-16-25(30(32,33)34)18-26(17-24)31(35,36)37/h3-11,14,16-18,27H,12-13,15,19H2,1-2H3/b11-10+/t27-/m1/s1. The Balaban J connectivity index is 1.66. The lowest BCUT2D eigenvalue weighted by Gasteiger charge is -2.41. The van der Waals surface area contributed by atoms with Crippen LogP contribution in [0.1, 0.15) is 43.7 Å². The van der Waals surface area contributed by atoms with Crippen molar-refractivity contribution in [2.75, 3.05) is 19.6 Å². The number of halogens is 6. The molecule has 0 N–H and O–H groups in total. The molecule has 2 amide bonds. The summed E-state index contributed by atoms with van der Waals surface area (Å²) in [4.78, 5) is 29.4. The Kier molecular flexibility index (Phi) is 8.60. The van der Waals surface area contributed by atoms with Crippen LogP contribution in [0.15, 0.2) is 72.8 Å². The molecule has 1 aliphatic rings. The van der Waals surface area contributed by atoms with Crippen molar-refractivity contribution in [2.24, 2.45) is 0 Å². The second kappa shape index (κ2) is 11.8. The SMILES string of the molecule is Cc1ccc(C[C@@H]2CN(C(=O)/C=C/c3ccccc3)CCN2C(=O)c2cc(C(F)(F)F)cc(C(F)(F)F)c2)cc1C. The van der Waals surface area contributed by atoms with Gasteiger partial charge in [-0.25, -0.2) is 0 Å². The highest BCUT2D eigenvalue weighted by atomic mass is 19.4. The Morgan fingerprint density at radius 3 is 2.05 bits per heavy atom. The van der Waals surface area contributed by atoms with Gasteiger partial charge in [-0.05, 0) is 66.8 Å². The number of benzene rings is 3. The zero-order valence-corrected chi connectivity index (χ0v) is 22.4. The van der Waals surface area contributed by atoms with Crippen molar-refractivity contribution in [1.29, 1.82) is 0 Å². The summed E-state index contributed by atoms with van der Waals surface area (Å²) in [5, 5.41) is 0. The first-order valence-electron chi connectivity index (χ1n) is 12.9. The molecule has 0 bridgehead atoms. The van der Waals surface area contributed by atoms with Gasteiger partial charge in [0.05, 0.1) is 17.2 Å². The Hall–Kier alpha value is -4.08. The average molecular weight is 575 g/mol. The quantitative estimate of drug-likeness (QED) is 0.245. The zero-order chi connectivity index (χ0) is 29.9. The maximum Gasteiger partial charge on any atom is 0.416 e. The molecule has 0 aromatic heterocycles. The minimum atomic E-state index is -5.08. The van der Waals surface area contributed by atoms with E-state index in [-0.39, 0.29) is 38.0 Å². The van der Waals surface area contributed by atoms with Gasteiger partial charge in [-0.15, -0.1) is 0 Å². The third-order valence-corrected chi connectivity index (χ3v) is 7.15. The summed E-state index contributed by atoms with van der Waals surface area (Å²) < 4.78 is 80.8. The number of carbonyl (C=O) groups is 2. The highest BCUT2D eigenvalue weighted by molar-refractivity contribution is 5.96. The van der Waals surface area contributed by atoms with Gasteiger partial charge >= 0.3 is 12.4 Å². The minimum Gasteiger partial charge on any atom is -0.335 e. The van der Waals surface area contributed by atoms with Gasteiger partial charge in [-0.3, -0.25) is 9.59 Å². The van der Waals surface area contributed by atoms with Crippen LogP contribution in [-0.4, -0.2) is 47.3 Å². The molecule has 0 unspecified atom stereocenters. The van der Waals surface area contributed by atoms with Crippen LogP contribution in [0.2, 0.25) is 0 Å². The van der Waals surface area contributed by atoms with Crippen molar-refractivity contribution in [3.05, 3.63) is 112 Å². The zero-order valence-electron chi connectivity index (χ0n) is 22.4. The molecule has 1 saturated heterocycles. The minimum absolute atomic E-state index is 0.000974. The van der Waals surface area contributed by atoms with E-state index in [0.29, 0.717) is 12.1 Å². The predicted molar refractivity (Wildman–Crippen MR) is 143 cm³/mol. The van der Waals surface area contributed by atoms with Crippen molar-refractivity contribution in [1.82, 2.24) is 9.80 Å². The number of amides is 2. The maximum absolute atomic E-state index is 13.5. The van der Waals surface area contributed by atoms with E-state index in [2.05, 4.69) is 0 Å². The molecule has 3 aromatic rings. The Morgan fingerprint density at radius 1 is 0.829 bits per heavy atom. The lowest BCUT2D eigenvalue weighted by atomic mass is 9.97. The van der Waals surface area contributed by atoms with Crippen LogP contribution >= 0.6 is 0 Å². The third kappa shape index (κ3) is 7.36. The van der Waals surface area contributed by atoms with Crippen LogP contribution in [0.3, 0.4) is 0 Å². The molecule has 0 saturated carbocycles. The number of rotatable bonds is 5. The van der Waals surface area contributed by atoms with Gasteiger partial charge in [0.2, 0.25) is 5.91 Å². The molecule has 4 nitrogen and oxygen atoms in total. The Labute approximate surface area is 233 Å². The lowest BCUT2D eigenvalue weighted by molar-refractivity contribution is -0.143. The van der Waals surface area contributed by atoms with Crippen molar-refractivity contribution >= 4 is 17.9 Å². The number of hydrogen-bond donors (Lipinski definition) is 0. The fourth-order valence-electron chi connectivity index (χ4n) is 4.78. The van der Waals surface area contributed by atoms with E-state index in [1.807, 2.05) is 62.4 Å². The maximum atomic E-state index is 13.5. The summed E-state index contributed by atoms with van der Waals surface area (Å²) in [6.07, 6.45) is -6.84. The van der Waals surface area contributed by atoms with Crippen LogP contribution in [-0.2, 0) is 23.6 Å². The molecule has 41 heavy (non-hydrogen) atoms. The fourth-order valence-corrected chi connectivity index (χ4v) is 4.78. The van der Waals surface area contributed by atoms with Gasteiger partial charge in [0, 0.05) is 31.3 Å². The normalized spacial score (nSPS) is 16.3. The van der Waals surface area contributed by atoms with Gasteiger partial charge < -0.3 is 9.80 Å². The molecular weight excluding hydrogens is 546 g/mol. The van der Waals surface area contributed by atoms with E-state index in [1.54, 1.807) is 6.08 Å². The van der Waals surface area contributed by atoms with E-state index >= 15 is 0 Å². The third-order valence-electron chi connectivity index (χ3n) is 7.15. The predicted octanol–water partition coefficient (Wildman–Crippen LogP) is 6.95. The first-order chi connectivity index (χ1) is 19.2. The molecule has 4 rings (SSSR count). The van der Waals surface area contributed by atoms with E-state index in [0.717, 1.165) is 22.3 Å². The van der Waals surface area contributed by atoms with Crippen molar-refractivity contribution in [3.8, 4) is 0 Å². The van der Waals surface area contributed by atoms with Crippen molar-refractivity contribution < 1.29 is 35.9 Å². The molecule has 10 heteroatoms. The summed E-state index contributed by atoms with van der Waals surface area (Å²) in [5.74, 6) is -1.27. The van der Waals surface area contributed by atoms with Gasteiger partial charge in [0.25, 0.3) is 5.91 Å². The molecule has 0 radical (unpaired) electrons. The lowest BCUT2D eigenvalue weighted by Crippen LogP contribution is -2.57. The molecule has 1 heterocycles. The van der Waals surface area contributed by atoms with Crippen LogP contribution in [0, 0.1) is 13.8 Å². The number of piperazine rings is 1. The number of carbonyl (C=O) groups excluding carboxylic acids is 2. The summed E-state index contributed by atoms with van der Waals surface area (Å²) in [6.45, 7) is 3.91. The van der Waals surface area contributed by atoms with Crippen molar-refractivity contribution in [3.63, 3.8) is 0 Å². The molecule has 3 aromatic carbocycles. The van der Waals surface area contributed by atoms with Crippen LogP contribution in [0.25, 0.3) is 6.08 Å². The molecule has 1 atom stereocenters. The van der Waals surface area contributed by atoms with E-state index in [1.165, 1.54) is 15.9 Å². The van der Waals surface area contributed by atoms with Gasteiger partial charge in [0.15, 0.2) is 0 Å². The second-order valence-electron chi connectivity index (χ2n) is 10.1. The van der Waals surface area contributed by atoms with Crippen LogP contribution < -0.4 is 0 Å².